The third-order valence-corrected chi connectivity index (χ3v) is 1.40. The highest BCUT2D eigenvalue weighted by atomic mass is 16.1. The molecule has 0 bridgehead atoms. The quantitative estimate of drug-likeness (QED) is 0.516. The van der Waals surface area contributed by atoms with E-state index in [9.17, 15) is 4.79 Å². The first-order valence-electron chi connectivity index (χ1n) is 3.22. The summed E-state index contributed by atoms with van der Waals surface area (Å²) in [5.74, 6) is 0.708. The van der Waals surface area contributed by atoms with Crippen molar-refractivity contribution >= 4 is 5.78 Å². The maximum absolute atomic E-state index is 10.8. The van der Waals surface area contributed by atoms with Crippen LogP contribution in [0.2, 0.25) is 0 Å². The smallest absolute Gasteiger partial charge is 0.157 e. The predicted octanol–water partition coefficient (Wildman–Crippen LogP) is 0.699. The lowest BCUT2D eigenvalue weighted by molar-refractivity contribution is -0.115. The molecule has 0 spiro atoms. The van der Waals surface area contributed by atoms with Crippen LogP contribution in [-0.4, -0.2) is 12.3 Å². The topological polar surface area (TPSA) is 29.1 Å². The Morgan fingerprint density at radius 3 is 3.33 bits per heavy atom. The highest BCUT2D eigenvalue weighted by molar-refractivity contribution is 5.89. The van der Waals surface area contributed by atoms with Crippen molar-refractivity contribution in [3.8, 4) is 0 Å². The standard InChI is InChI=1S/C7H11NO/c1-6-4-7(9)2-3-8-5-6/h2-3,6,8H,4-5H2,1H3. The van der Waals surface area contributed by atoms with Gasteiger partial charge in [0.1, 0.15) is 0 Å². The van der Waals surface area contributed by atoms with Gasteiger partial charge in [0.15, 0.2) is 5.78 Å². The zero-order valence-corrected chi connectivity index (χ0v) is 5.55. The van der Waals surface area contributed by atoms with Crippen LogP contribution in [-0.2, 0) is 4.79 Å². The van der Waals surface area contributed by atoms with Crippen molar-refractivity contribution in [1.82, 2.24) is 5.32 Å². The minimum absolute atomic E-state index is 0.229. The third kappa shape index (κ3) is 1.88. The number of rotatable bonds is 0. The lowest BCUT2D eigenvalue weighted by atomic mass is 10.1. The fourth-order valence-corrected chi connectivity index (χ4v) is 0.905. The van der Waals surface area contributed by atoms with Crippen molar-refractivity contribution in [3.63, 3.8) is 0 Å². The number of hydrogen-bond acceptors (Lipinski definition) is 2. The number of ketones is 1. The van der Waals surface area contributed by atoms with Crippen molar-refractivity contribution in [1.29, 1.82) is 0 Å². The Kier molecular flexibility index (Phi) is 1.88. The molecule has 0 amide bonds. The monoisotopic (exact) mass is 125 g/mol. The molecule has 1 aliphatic heterocycles. The first-order valence-corrected chi connectivity index (χ1v) is 3.22. The van der Waals surface area contributed by atoms with Gasteiger partial charge in [-0.1, -0.05) is 6.92 Å². The molecule has 2 nitrogen and oxygen atoms in total. The van der Waals surface area contributed by atoms with Gasteiger partial charge in [-0.25, -0.2) is 0 Å². The molecule has 0 fully saturated rings. The van der Waals surface area contributed by atoms with Crippen LogP contribution in [0.4, 0.5) is 0 Å². The molecular formula is C7H11NO. The van der Waals surface area contributed by atoms with Gasteiger partial charge in [-0.15, -0.1) is 0 Å². The van der Waals surface area contributed by atoms with Crippen molar-refractivity contribution in [2.45, 2.75) is 13.3 Å². The minimum Gasteiger partial charge on any atom is -0.391 e. The first kappa shape index (κ1) is 6.33. The van der Waals surface area contributed by atoms with Gasteiger partial charge in [0, 0.05) is 13.0 Å². The summed E-state index contributed by atoms with van der Waals surface area (Å²) in [6.45, 7) is 2.99. The highest BCUT2D eigenvalue weighted by Crippen LogP contribution is 2.03. The summed E-state index contributed by atoms with van der Waals surface area (Å²) in [4.78, 5) is 10.8. The van der Waals surface area contributed by atoms with Gasteiger partial charge in [0.2, 0.25) is 0 Å². The molecule has 1 heterocycles. The Hall–Kier alpha value is -0.790. The summed E-state index contributed by atoms with van der Waals surface area (Å²) in [7, 11) is 0. The second kappa shape index (κ2) is 2.67. The van der Waals surface area contributed by atoms with E-state index in [0.717, 1.165) is 6.54 Å². The second-order valence-corrected chi connectivity index (χ2v) is 2.52. The van der Waals surface area contributed by atoms with Gasteiger partial charge in [0.25, 0.3) is 0 Å². The molecule has 0 saturated heterocycles. The van der Waals surface area contributed by atoms with Crippen molar-refractivity contribution in [2.24, 2.45) is 5.92 Å². The van der Waals surface area contributed by atoms with Gasteiger partial charge < -0.3 is 5.32 Å². The Bertz CT molecular complexity index is 140. The summed E-state index contributed by atoms with van der Waals surface area (Å²) in [6, 6.07) is 0. The van der Waals surface area contributed by atoms with Crippen LogP contribution >= 0.6 is 0 Å². The SMILES string of the molecule is CC1CNC=CC(=O)C1. The van der Waals surface area contributed by atoms with E-state index in [-0.39, 0.29) is 5.78 Å². The Morgan fingerprint density at radius 2 is 2.56 bits per heavy atom. The lowest BCUT2D eigenvalue weighted by Gasteiger charge is -2.03. The van der Waals surface area contributed by atoms with Crippen LogP contribution in [0, 0.1) is 5.92 Å². The molecule has 9 heavy (non-hydrogen) atoms. The molecule has 50 valence electrons. The van der Waals surface area contributed by atoms with Gasteiger partial charge in [-0.3, -0.25) is 4.79 Å². The molecule has 1 atom stereocenters. The molecule has 0 aliphatic carbocycles. The van der Waals surface area contributed by atoms with E-state index in [2.05, 4.69) is 12.2 Å². The molecule has 2 heteroatoms. The lowest BCUT2D eigenvalue weighted by Crippen LogP contribution is -2.13. The maximum atomic E-state index is 10.8. The number of carbonyl (C=O) groups is 1. The average Bonchev–Trinajstić information content (AvgIpc) is 1.93. The van der Waals surface area contributed by atoms with Gasteiger partial charge in [-0.2, -0.15) is 0 Å². The first-order chi connectivity index (χ1) is 4.29. The molecular weight excluding hydrogens is 114 g/mol. The average molecular weight is 125 g/mol. The predicted molar refractivity (Wildman–Crippen MR) is 35.9 cm³/mol. The van der Waals surface area contributed by atoms with E-state index < -0.39 is 0 Å². The number of hydrogen-bond donors (Lipinski definition) is 1. The normalized spacial score (nSPS) is 27.2. The van der Waals surface area contributed by atoms with Crippen molar-refractivity contribution < 1.29 is 4.79 Å². The van der Waals surface area contributed by atoms with E-state index >= 15 is 0 Å². The van der Waals surface area contributed by atoms with Crippen LogP contribution < -0.4 is 5.32 Å². The van der Waals surface area contributed by atoms with E-state index in [1.54, 1.807) is 12.3 Å². The fourth-order valence-electron chi connectivity index (χ4n) is 0.905. The van der Waals surface area contributed by atoms with E-state index in [1.807, 2.05) is 0 Å². The van der Waals surface area contributed by atoms with Gasteiger partial charge in [0.05, 0.1) is 0 Å². The third-order valence-electron chi connectivity index (χ3n) is 1.40. The zero-order valence-electron chi connectivity index (χ0n) is 5.55. The molecule has 0 saturated carbocycles. The molecule has 0 aromatic rings. The van der Waals surface area contributed by atoms with Crippen molar-refractivity contribution in [2.75, 3.05) is 6.54 Å². The second-order valence-electron chi connectivity index (χ2n) is 2.52. The Morgan fingerprint density at radius 1 is 1.78 bits per heavy atom. The number of carbonyl (C=O) groups excluding carboxylic acids is 1. The fraction of sp³-hybridized carbons (Fsp3) is 0.571. The molecule has 1 unspecified atom stereocenters. The van der Waals surface area contributed by atoms with E-state index in [4.69, 9.17) is 0 Å². The molecule has 1 N–H and O–H groups in total. The Labute approximate surface area is 54.9 Å². The summed E-state index contributed by atoms with van der Waals surface area (Å²) < 4.78 is 0. The van der Waals surface area contributed by atoms with Crippen molar-refractivity contribution in [3.05, 3.63) is 12.3 Å². The summed E-state index contributed by atoms with van der Waals surface area (Å²) in [6.07, 6.45) is 4.01. The minimum atomic E-state index is 0.229. The molecule has 0 aromatic heterocycles. The maximum Gasteiger partial charge on any atom is 0.157 e. The number of allylic oxidation sites excluding steroid dienone is 1. The van der Waals surface area contributed by atoms with E-state index in [1.165, 1.54) is 0 Å². The summed E-state index contributed by atoms with van der Waals surface area (Å²) in [5, 5.41) is 3.03. The summed E-state index contributed by atoms with van der Waals surface area (Å²) >= 11 is 0. The van der Waals surface area contributed by atoms with E-state index in [0.29, 0.717) is 12.3 Å². The zero-order chi connectivity index (χ0) is 6.69. The van der Waals surface area contributed by atoms with Crippen LogP contribution in [0.5, 0.6) is 0 Å². The molecule has 1 aliphatic rings. The van der Waals surface area contributed by atoms with Crippen LogP contribution in [0.3, 0.4) is 0 Å². The van der Waals surface area contributed by atoms with Gasteiger partial charge >= 0.3 is 0 Å². The largest absolute Gasteiger partial charge is 0.391 e. The Balaban J connectivity index is 2.50. The van der Waals surface area contributed by atoms with Crippen LogP contribution in [0.1, 0.15) is 13.3 Å². The molecule has 1 rings (SSSR count). The highest BCUT2D eigenvalue weighted by Gasteiger charge is 2.07. The molecule has 0 aromatic carbocycles. The van der Waals surface area contributed by atoms with Crippen LogP contribution in [0.25, 0.3) is 0 Å². The summed E-state index contributed by atoms with van der Waals surface area (Å²) in [5.41, 5.74) is 0. The number of nitrogens with one attached hydrogen (secondary N) is 1. The van der Waals surface area contributed by atoms with Crippen LogP contribution in [0.15, 0.2) is 12.3 Å². The van der Waals surface area contributed by atoms with Gasteiger partial charge in [-0.05, 0) is 18.2 Å². The molecule has 0 radical (unpaired) electrons.